The molecule has 0 N–H and O–H groups in total. The second-order valence-corrected chi connectivity index (χ2v) is 9.01. The van der Waals surface area contributed by atoms with E-state index in [4.69, 9.17) is 0 Å². The van der Waals surface area contributed by atoms with E-state index in [2.05, 4.69) is 36.8 Å². The van der Waals surface area contributed by atoms with Gasteiger partial charge in [-0.05, 0) is 45.0 Å². The molecule has 0 bridgehead atoms. The minimum absolute atomic E-state index is 0.0152. The first-order valence-corrected chi connectivity index (χ1v) is 12.1. The average molecular weight is 443 g/mol. The third-order valence-electron chi connectivity index (χ3n) is 5.09. The Hall–Kier alpha value is -2.23. The predicted molar refractivity (Wildman–Crippen MR) is 121 cm³/mol. The van der Waals surface area contributed by atoms with Crippen molar-refractivity contribution in [2.24, 2.45) is 0 Å². The van der Waals surface area contributed by atoms with Crippen molar-refractivity contribution in [2.45, 2.75) is 44.1 Å². The molecule has 0 unspecified atom stereocenters. The number of anilines is 1. The Balaban J connectivity index is 1.53. The quantitative estimate of drug-likeness (QED) is 0.492. The number of carbonyl (C=O) groups excluding carboxylic acids is 1. The maximum absolute atomic E-state index is 11.8. The fourth-order valence-electron chi connectivity index (χ4n) is 3.59. The van der Waals surface area contributed by atoms with Gasteiger partial charge in [-0.3, -0.25) is 19.2 Å². The molecule has 1 amide bonds. The maximum atomic E-state index is 11.8. The molecular formula is C21H26N6OS2. The lowest BCUT2D eigenvalue weighted by molar-refractivity contribution is -0.116. The number of aromatic nitrogens is 4. The number of benzene rings is 1. The molecule has 2 aromatic heterocycles. The van der Waals surface area contributed by atoms with Crippen LogP contribution in [0, 0.1) is 0 Å². The summed E-state index contributed by atoms with van der Waals surface area (Å²) in [4.78, 5) is 20.5. The third-order valence-corrected chi connectivity index (χ3v) is 6.97. The van der Waals surface area contributed by atoms with Gasteiger partial charge in [0.15, 0.2) is 16.1 Å². The van der Waals surface area contributed by atoms with Crippen molar-refractivity contribution in [2.75, 3.05) is 24.5 Å². The van der Waals surface area contributed by atoms with Gasteiger partial charge in [0.25, 0.3) is 0 Å². The number of para-hydroxylation sites is 1. The summed E-state index contributed by atoms with van der Waals surface area (Å²) >= 11 is 3.13. The fourth-order valence-corrected chi connectivity index (χ4v) is 5.49. The zero-order chi connectivity index (χ0) is 20.9. The van der Waals surface area contributed by atoms with E-state index in [1.165, 1.54) is 24.2 Å². The largest absolute Gasteiger partial charge is 0.296 e. The second-order valence-electron chi connectivity index (χ2n) is 7.23. The van der Waals surface area contributed by atoms with Crippen LogP contribution in [-0.2, 0) is 17.1 Å². The van der Waals surface area contributed by atoms with Gasteiger partial charge in [-0.25, -0.2) is 4.98 Å². The fraction of sp³-hybridized carbons (Fsp3) is 0.429. The van der Waals surface area contributed by atoms with Crippen molar-refractivity contribution in [3.63, 3.8) is 0 Å². The van der Waals surface area contributed by atoms with Crippen LogP contribution in [0.25, 0.3) is 5.69 Å². The highest BCUT2D eigenvalue weighted by Crippen LogP contribution is 2.28. The van der Waals surface area contributed by atoms with Gasteiger partial charge in [0.1, 0.15) is 0 Å². The number of amides is 1. The highest BCUT2D eigenvalue weighted by Gasteiger charge is 2.20. The molecule has 1 saturated heterocycles. The number of carbonyl (C=O) groups is 1. The number of rotatable bonds is 8. The first kappa shape index (κ1) is 21.0. The van der Waals surface area contributed by atoms with E-state index < -0.39 is 0 Å². The lowest BCUT2D eigenvalue weighted by atomic mass is 10.3. The van der Waals surface area contributed by atoms with Crippen molar-refractivity contribution in [3.8, 4) is 5.69 Å². The average Bonchev–Trinajstić information content (AvgIpc) is 3.49. The molecule has 1 aromatic carbocycles. The smallest absolute Gasteiger partial charge is 0.225 e. The Bertz CT molecular complexity index is 981. The minimum Gasteiger partial charge on any atom is -0.296 e. The molecule has 0 radical (unpaired) electrons. The van der Waals surface area contributed by atoms with Crippen molar-refractivity contribution in [1.82, 2.24) is 24.6 Å². The maximum Gasteiger partial charge on any atom is 0.225 e. The predicted octanol–water partition coefficient (Wildman–Crippen LogP) is 3.98. The van der Waals surface area contributed by atoms with E-state index in [-0.39, 0.29) is 5.91 Å². The Morgan fingerprint density at radius 3 is 2.67 bits per heavy atom. The summed E-state index contributed by atoms with van der Waals surface area (Å²) in [6.07, 6.45) is 2.50. The Labute approximate surface area is 185 Å². The summed E-state index contributed by atoms with van der Waals surface area (Å²) in [6.45, 7) is 7.21. The molecule has 3 heterocycles. The summed E-state index contributed by atoms with van der Waals surface area (Å²) < 4.78 is 2.16. The van der Waals surface area contributed by atoms with Crippen molar-refractivity contribution >= 4 is 34.1 Å². The van der Waals surface area contributed by atoms with Gasteiger partial charge >= 0.3 is 0 Å². The van der Waals surface area contributed by atoms with Crippen LogP contribution >= 0.6 is 23.1 Å². The number of hydrogen-bond donors (Lipinski definition) is 0. The van der Waals surface area contributed by atoms with Crippen LogP contribution in [0.4, 0.5) is 5.13 Å². The first-order chi connectivity index (χ1) is 14.7. The topological polar surface area (TPSA) is 67.2 Å². The molecular weight excluding hydrogens is 416 g/mol. The molecule has 0 aliphatic carbocycles. The molecule has 7 nitrogen and oxygen atoms in total. The summed E-state index contributed by atoms with van der Waals surface area (Å²) in [5.41, 5.74) is 2.02. The highest BCUT2D eigenvalue weighted by atomic mass is 32.2. The number of nitrogens with zero attached hydrogens (tertiary/aromatic N) is 6. The van der Waals surface area contributed by atoms with Crippen LogP contribution in [0.3, 0.4) is 0 Å². The molecule has 0 spiro atoms. The zero-order valence-electron chi connectivity index (χ0n) is 17.3. The van der Waals surface area contributed by atoms with Crippen molar-refractivity contribution in [3.05, 3.63) is 47.2 Å². The summed E-state index contributed by atoms with van der Waals surface area (Å²) in [5, 5.41) is 12.6. The standard InChI is InChI=1S/C21H26N6OS2/c1-3-26(16(2)28)20-22-17(14-29-20)15-30-21-24-23-19(13-25-11-7-8-12-25)27(21)18-9-5-4-6-10-18/h4-6,9-10,14H,3,7-8,11-13,15H2,1-2H3. The van der Waals surface area contributed by atoms with Gasteiger partial charge in [0, 0.05) is 30.3 Å². The number of thiazole rings is 1. The Morgan fingerprint density at radius 1 is 1.20 bits per heavy atom. The van der Waals surface area contributed by atoms with Gasteiger partial charge in [0.2, 0.25) is 5.91 Å². The highest BCUT2D eigenvalue weighted by molar-refractivity contribution is 7.98. The molecule has 3 aromatic rings. The summed E-state index contributed by atoms with van der Waals surface area (Å²) in [5.74, 6) is 1.67. The van der Waals surface area contributed by atoms with Gasteiger partial charge in [-0.1, -0.05) is 30.0 Å². The molecule has 1 aliphatic rings. The Morgan fingerprint density at radius 2 is 1.97 bits per heavy atom. The van der Waals surface area contributed by atoms with Crippen LogP contribution in [0.1, 0.15) is 38.2 Å². The van der Waals surface area contributed by atoms with E-state index in [1.807, 2.05) is 30.5 Å². The molecule has 0 atom stereocenters. The molecule has 30 heavy (non-hydrogen) atoms. The number of hydrogen-bond acceptors (Lipinski definition) is 7. The lowest BCUT2D eigenvalue weighted by Crippen LogP contribution is -2.27. The third kappa shape index (κ3) is 4.74. The SMILES string of the molecule is CCN(C(C)=O)c1nc(CSc2nnc(CN3CCCC3)n2-c2ccccc2)cs1. The molecule has 1 aliphatic heterocycles. The van der Waals surface area contributed by atoms with Crippen LogP contribution in [0.2, 0.25) is 0 Å². The molecule has 158 valence electrons. The summed E-state index contributed by atoms with van der Waals surface area (Å²) in [6, 6.07) is 10.3. The van der Waals surface area contributed by atoms with E-state index in [0.29, 0.717) is 12.3 Å². The van der Waals surface area contributed by atoms with E-state index in [1.54, 1.807) is 23.6 Å². The lowest BCUT2D eigenvalue weighted by Gasteiger charge is -2.16. The van der Waals surface area contributed by atoms with Crippen LogP contribution in [0.5, 0.6) is 0 Å². The van der Waals surface area contributed by atoms with Crippen molar-refractivity contribution < 1.29 is 4.79 Å². The molecule has 9 heteroatoms. The normalized spacial score (nSPS) is 14.3. The van der Waals surface area contributed by atoms with Gasteiger partial charge in [0.05, 0.1) is 12.2 Å². The zero-order valence-corrected chi connectivity index (χ0v) is 19.0. The summed E-state index contributed by atoms with van der Waals surface area (Å²) in [7, 11) is 0. The molecule has 0 saturated carbocycles. The van der Waals surface area contributed by atoms with Gasteiger partial charge in [-0.2, -0.15) is 0 Å². The monoisotopic (exact) mass is 442 g/mol. The Kier molecular flexibility index (Phi) is 6.81. The molecule has 4 rings (SSSR count). The number of thioether (sulfide) groups is 1. The van der Waals surface area contributed by atoms with E-state index in [9.17, 15) is 4.79 Å². The van der Waals surface area contributed by atoms with Crippen LogP contribution in [-0.4, -0.2) is 50.2 Å². The minimum atomic E-state index is 0.0152. The van der Waals surface area contributed by atoms with E-state index >= 15 is 0 Å². The van der Waals surface area contributed by atoms with Gasteiger partial charge in [-0.15, -0.1) is 21.5 Å². The van der Waals surface area contributed by atoms with Crippen LogP contribution in [0.15, 0.2) is 40.9 Å². The first-order valence-electron chi connectivity index (χ1n) is 10.2. The number of likely N-dealkylation sites (tertiary alicyclic amines) is 1. The second kappa shape index (κ2) is 9.72. The molecule has 1 fully saturated rings. The van der Waals surface area contributed by atoms with Gasteiger partial charge < -0.3 is 0 Å². The van der Waals surface area contributed by atoms with E-state index in [0.717, 1.165) is 47.1 Å². The van der Waals surface area contributed by atoms with Crippen LogP contribution < -0.4 is 4.90 Å². The van der Waals surface area contributed by atoms with Crippen molar-refractivity contribution in [1.29, 1.82) is 0 Å².